The molecular weight excluding hydrogens is 293 g/mol. The molecular formula is C19H26FNO2. The van der Waals surface area contributed by atoms with Gasteiger partial charge in [0.2, 0.25) is 0 Å². The SMILES string of the molecule is CC1=C(c2cc(F)ccc2C)C[C@@H](NC(=O)OC(C)(C)C)CC1. The third-order valence-corrected chi connectivity index (χ3v) is 4.08. The van der Waals surface area contributed by atoms with Crippen LogP contribution in [-0.4, -0.2) is 17.7 Å². The lowest BCUT2D eigenvalue weighted by Gasteiger charge is -2.29. The third-order valence-electron chi connectivity index (χ3n) is 4.08. The number of hydrogen-bond donors (Lipinski definition) is 1. The van der Waals surface area contributed by atoms with Gasteiger partial charge in [-0.2, -0.15) is 0 Å². The molecule has 0 aliphatic heterocycles. The van der Waals surface area contributed by atoms with Gasteiger partial charge in [0.15, 0.2) is 0 Å². The predicted octanol–water partition coefficient (Wildman–Crippen LogP) is 4.98. The van der Waals surface area contributed by atoms with Gasteiger partial charge in [-0.05, 0) is 82.7 Å². The number of hydrogen-bond acceptors (Lipinski definition) is 2. The van der Waals surface area contributed by atoms with E-state index in [4.69, 9.17) is 4.74 Å². The predicted molar refractivity (Wildman–Crippen MR) is 90.7 cm³/mol. The van der Waals surface area contributed by atoms with Gasteiger partial charge in [-0.3, -0.25) is 0 Å². The zero-order chi connectivity index (χ0) is 17.2. The molecule has 1 N–H and O–H groups in total. The number of aryl methyl sites for hydroxylation is 1. The van der Waals surface area contributed by atoms with Crippen molar-refractivity contribution < 1.29 is 13.9 Å². The van der Waals surface area contributed by atoms with Gasteiger partial charge in [-0.1, -0.05) is 11.6 Å². The Hall–Kier alpha value is -1.84. The van der Waals surface area contributed by atoms with Crippen molar-refractivity contribution >= 4 is 11.7 Å². The first-order valence-corrected chi connectivity index (χ1v) is 8.10. The number of benzene rings is 1. The molecule has 1 aromatic carbocycles. The number of carbonyl (C=O) groups excluding carboxylic acids is 1. The molecule has 126 valence electrons. The van der Waals surface area contributed by atoms with Crippen molar-refractivity contribution in [1.29, 1.82) is 0 Å². The monoisotopic (exact) mass is 319 g/mol. The zero-order valence-electron chi connectivity index (χ0n) is 14.6. The molecule has 1 atom stereocenters. The Morgan fingerprint density at radius 2 is 2.00 bits per heavy atom. The van der Waals surface area contributed by atoms with Crippen LogP contribution >= 0.6 is 0 Å². The highest BCUT2D eigenvalue weighted by molar-refractivity contribution is 5.74. The van der Waals surface area contributed by atoms with E-state index in [9.17, 15) is 9.18 Å². The van der Waals surface area contributed by atoms with Crippen LogP contribution in [0.4, 0.5) is 9.18 Å². The van der Waals surface area contributed by atoms with Crippen LogP contribution in [-0.2, 0) is 4.74 Å². The second kappa shape index (κ2) is 6.73. The van der Waals surface area contributed by atoms with Gasteiger partial charge in [0.05, 0.1) is 0 Å². The number of alkyl carbamates (subject to hydrolysis) is 1. The Morgan fingerprint density at radius 3 is 2.65 bits per heavy atom. The quantitative estimate of drug-likeness (QED) is 0.834. The lowest BCUT2D eigenvalue weighted by Crippen LogP contribution is -2.40. The van der Waals surface area contributed by atoms with E-state index in [1.807, 2.05) is 27.7 Å². The molecule has 1 aromatic rings. The van der Waals surface area contributed by atoms with Crippen LogP contribution in [0, 0.1) is 12.7 Å². The first-order valence-electron chi connectivity index (χ1n) is 8.10. The van der Waals surface area contributed by atoms with Gasteiger partial charge in [0, 0.05) is 6.04 Å². The highest BCUT2D eigenvalue weighted by Gasteiger charge is 2.25. The minimum atomic E-state index is -0.507. The number of carbonyl (C=O) groups is 1. The molecule has 1 aliphatic carbocycles. The first-order chi connectivity index (χ1) is 10.7. The molecule has 4 heteroatoms. The van der Waals surface area contributed by atoms with Crippen molar-refractivity contribution in [2.24, 2.45) is 0 Å². The van der Waals surface area contributed by atoms with Crippen LogP contribution in [0.5, 0.6) is 0 Å². The largest absolute Gasteiger partial charge is 0.444 e. The van der Waals surface area contributed by atoms with Crippen molar-refractivity contribution in [2.75, 3.05) is 0 Å². The van der Waals surface area contributed by atoms with Crippen molar-refractivity contribution in [2.45, 2.75) is 65.5 Å². The van der Waals surface area contributed by atoms with Crippen LogP contribution < -0.4 is 5.32 Å². The Kier molecular flexibility index (Phi) is 5.12. The third kappa shape index (κ3) is 4.81. The molecule has 0 unspecified atom stereocenters. The maximum atomic E-state index is 13.6. The fraction of sp³-hybridized carbons (Fsp3) is 0.526. The minimum Gasteiger partial charge on any atom is -0.444 e. The number of nitrogens with one attached hydrogen (secondary N) is 1. The molecule has 2 rings (SSSR count). The maximum absolute atomic E-state index is 13.6. The van der Waals surface area contributed by atoms with Gasteiger partial charge < -0.3 is 10.1 Å². The molecule has 23 heavy (non-hydrogen) atoms. The van der Waals surface area contributed by atoms with Crippen molar-refractivity contribution in [3.8, 4) is 0 Å². The van der Waals surface area contributed by atoms with Gasteiger partial charge in [-0.25, -0.2) is 9.18 Å². The molecule has 1 aliphatic rings. The van der Waals surface area contributed by atoms with E-state index in [1.165, 1.54) is 11.6 Å². The average Bonchev–Trinajstić information content (AvgIpc) is 2.42. The Balaban J connectivity index is 2.13. The van der Waals surface area contributed by atoms with Gasteiger partial charge in [0.25, 0.3) is 0 Å². The van der Waals surface area contributed by atoms with E-state index >= 15 is 0 Å². The fourth-order valence-electron chi connectivity index (χ4n) is 2.92. The summed E-state index contributed by atoms with van der Waals surface area (Å²) in [4.78, 5) is 12.0. The van der Waals surface area contributed by atoms with Crippen LogP contribution in [0.1, 0.15) is 58.1 Å². The molecule has 0 fully saturated rings. The van der Waals surface area contributed by atoms with Crippen LogP contribution in [0.3, 0.4) is 0 Å². The van der Waals surface area contributed by atoms with Crippen LogP contribution in [0.2, 0.25) is 0 Å². The van der Waals surface area contributed by atoms with Gasteiger partial charge in [-0.15, -0.1) is 0 Å². The second-order valence-electron chi connectivity index (χ2n) is 7.30. The number of allylic oxidation sites excluding steroid dienone is 1. The summed E-state index contributed by atoms with van der Waals surface area (Å²) in [7, 11) is 0. The lowest BCUT2D eigenvalue weighted by atomic mass is 9.84. The topological polar surface area (TPSA) is 38.3 Å². The maximum Gasteiger partial charge on any atom is 0.407 e. The van der Waals surface area contributed by atoms with Crippen molar-refractivity contribution in [3.05, 3.63) is 40.7 Å². The molecule has 0 aromatic heterocycles. The average molecular weight is 319 g/mol. The van der Waals surface area contributed by atoms with Crippen LogP contribution in [0.25, 0.3) is 5.57 Å². The molecule has 0 saturated carbocycles. The number of amides is 1. The smallest absolute Gasteiger partial charge is 0.407 e. The fourth-order valence-corrected chi connectivity index (χ4v) is 2.92. The van der Waals surface area contributed by atoms with E-state index in [0.717, 1.165) is 29.5 Å². The molecule has 0 heterocycles. The normalized spacial score (nSPS) is 18.8. The number of ether oxygens (including phenoxy) is 1. The number of halogens is 1. The van der Waals surface area contributed by atoms with E-state index in [0.29, 0.717) is 6.42 Å². The molecule has 0 bridgehead atoms. The van der Waals surface area contributed by atoms with Crippen LogP contribution in [0.15, 0.2) is 23.8 Å². The Labute approximate surface area is 137 Å². The molecule has 0 radical (unpaired) electrons. The standard InChI is InChI=1S/C19H26FNO2/c1-12-6-8-14(20)10-16(12)17-11-15(9-7-13(17)2)21-18(22)23-19(3,4)5/h6,8,10,15H,7,9,11H2,1-5H3,(H,21,22)/t15-/m0/s1. The highest BCUT2D eigenvalue weighted by Crippen LogP contribution is 2.34. The van der Waals surface area contributed by atoms with Crippen molar-refractivity contribution in [3.63, 3.8) is 0 Å². The first kappa shape index (κ1) is 17.5. The summed E-state index contributed by atoms with van der Waals surface area (Å²) >= 11 is 0. The number of rotatable bonds is 2. The summed E-state index contributed by atoms with van der Waals surface area (Å²) in [5, 5.41) is 2.94. The minimum absolute atomic E-state index is 0.0196. The summed E-state index contributed by atoms with van der Waals surface area (Å²) in [6, 6.07) is 4.89. The Morgan fingerprint density at radius 1 is 1.30 bits per heavy atom. The molecule has 1 amide bonds. The Bertz CT molecular complexity index is 629. The molecule has 0 spiro atoms. The molecule has 3 nitrogen and oxygen atoms in total. The van der Waals surface area contributed by atoms with E-state index < -0.39 is 11.7 Å². The molecule has 0 saturated heterocycles. The van der Waals surface area contributed by atoms with Crippen molar-refractivity contribution in [1.82, 2.24) is 5.32 Å². The van der Waals surface area contributed by atoms with E-state index in [-0.39, 0.29) is 11.9 Å². The lowest BCUT2D eigenvalue weighted by molar-refractivity contribution is 0.0502. The van der Waals surface area contributed by atoms with E-state index in [2.05, 4.69) is 12.2 Å². The summed E-state index contributed by atoms with van der Waals surface area (Å²) < 4.78 is 18.9. The zero-order valence-corrected chi connectivity index (χ0v) is 14.6. The van der Waals surface area contributed by atoms with Gasteiger partial charge >= 0.3 is 6.09 Å². The van der Waals surface area contributed by atoms with Gasteiger partial charge in [0.1, 0.15) is 11.4 Å². The second-order valence-corrected chi connectivity index (χ2v) is 7.30. The summed E-state index contributed by atoms with van der Waals surface area (Å²) in [6.45, 7) is 9.61. The van der Waals surface area contributed by atoms with E-state index in [1.54, 1.807) is 12.1 Å². The highest BCUT2D eigenvalue weighted by atomic mass is 19.1. The summed E-state index contributed by atoms with van der Waals surface area (Å²) in [5.41, 5.74) is 3.89. The summed E-state index contributed by atoms with van der Waals surface area (Å²) in [5.74, 6) is -0.229. The summed E-state index contributed by atoms with van der Waals surface area (Å²) in [6.07, 6.45) is 2.08.